The molecule has 0 spiro atoms. The van der Waals surface area contributed by atoms with E-state index < -0.39 is 0 Å². The molecule has 0 bridgehead atoms. The fraction of sp³-hybridized carbons (Fsp3) is 0.941. The molecule has 2 heterocycles. The third kappa shape index (κ3) is 5.43. The van der Waals surface area contributed by atoms with Gasteiger partial charge < -0.3 is 19.9 Å². The molecular weight excluding hydrogens is 276 g/mol. The van der Waals surface area contributed by atoms with Gasteiger partial charge in [0.15, 0.2) is 5.96 Å². The molecule has 0 aromatic heterocycles. The Morgan fingerprint density at radius 2 is 1.91 bits per heavy atom. The van der Waals surface area contributed by atoms with Crippen LogP contribution in [0.1, 0.15) is 32.6 Å². The van der Waals surface area contributed by atoms with Crippen LogP contribution < -0.4 is 5.32 Å². The van der Waals surface area contributed by atoms with Gasteiger partial charge in [0.25, 0.3) is 0 Å². The fourth-order valence-electron chi connectivity index (χ4n) is 3.53. The van der Waals surface area contributed by atoms with Crippen LogP contribution in [0.15, 0.2) is 4.99 Å². The number of hydrogen-bond acceptors (Lipinski definition) is 3. The number of likely N-dealkylation sites (tertiary alicyclic amines) is 2. The maximum atomic E-state index is 5.29. The van der Waals surface area contributed by atoms with E-state index in [9.17, 15) is 0 Å². The van der Waals surface area contributed by atoms with E-state index in [-0.39, 0.29) is 0 Å². The van der Waals surface area contributed by atoms with Crippen LogP contribution in [0.5, 0.6) is 0 Å². The number of nitrogens with one attached hydrogen (secondary N) is 1. The molecule has 22 heavy (non-hydrogen) atoms. The lowest BCUT2D eigenvalue weighted by molar-refractivity contribution is 0.157. The van der Waals surface area contributed by atoms with E-state index >= 15 is 0 Å². The first kappa shape index (κ1) is 17.5. The second-order valence-electron chi connectivity index (χ2n) is 6.83. The molecule has 2 aliphatic heterocycles. The number of ether oxygens (including phenoxy) is 1. The Labute approximate surface area is 136 Å². The lowest BCUT2D eigenvalue weighted by Crippen LogP contribution is -2.40. The van der Waals surface area contributed by atoms with Crippen LogP contribution >= 0.6 is 0 Å². The third-order valence-electron chi connectivity index (χ3n) is 4.96. The second kappa shape index (κ2) is 9.36. The first-order chi connectivity index (χ1) is 10.7. The Hall–Kier alpha value is -0.810. The molecule has 1 unspecified atom stereocenters. The molecule has 0 saturated carbocycles. The molecule has 2 aliphatic rings. The highest BCUT2D eigenvalue weighted by molar-refractivity contribution is 5.80. The number of aliphatic imine (C=N–C) groups is 1. The fourth-order valence-corrected chi connectivity index (χ4v) is 3.53. The predicted octanol–water partition coefficient (Wildman–Crippen LogP) is 1.65. The molecule has 0 aliphatic carbocycles. The summed E-state index contributed by atoms with van der Waals surface area (Å²) in [6.45, 7) is 9.60. The largest absolute Gasteiger partial charge is 0.384 e. The summed E-state index contributed by atoms with van der Waals surface area (Å²) in [5, 5.41) is 3.46. The molecule has 0 amide bonds. The molecule has 1 atom stereocenters. The van der Waals surface area contributed by atoms with Crippen LogP contribution in [-0.4, -0.2) is 75.8 Å². The van der Waals surface area contributed by atoms with Gasteiger partial charge in [-0.15, -0.1) is 0 Å². The van der Waals surface area contributed by atoms with Crippen molar-refractivity contribution in [2.45, 2.75) is 32.6 Å². The summed E-state index contributed by atoms with van der Waals surface area (Å²) < 4.78 is 5.29. The van der Waals surface area contributed by atoms with Crippen LogP contribution in [0.25, 0.3) is 0 Å². The van der Waals surface area contributed by atoms with Crippen molar-refractivity contribution < 1.29 is 4.74 Å². The predicted molar refractivity (Wildman–Crippen MR) is 92.4 cm³/mol. The van der Waals surface area contributed by atoms with E-state index in [0.717, 1.165) is 44.7 Å². The molecule has 2 saturated heterocycles. The molecule has 0 aromatic rings. The highest BCUT2D eigenvalue weighted by atomic mass is 16.5. The van der Waals surface area contributed by atoms with Gasteiger partial charge in [-0.1, -0.05) is 0 Å². The monoisotopic (exact) mass is 310 g/mol. The van der Waals surface area contributed by atoms with Gasteiger partial charge in [0.05, 0.1) is 6.61 Å². The molecule has 5 heteroatoms. The maximum absolute atomic E-state index is 5.29. The van der Waals surface area contributed by atoms with Crippen molar-refractivity contribution in [1.29, 1.82) is 0 Å². The van der Waals surface area contributed by atoms with E-state index in [1.807, 2.05) is 0 Å². The average Bonchev–Trinajstić information content (AvgIpc) is 2.97. The molecule has 1 N–H and O–H groups in total. The summed E-state index contributed by atoms with van der Waals surface area (Å²) >= 11 is 0. The summed E-state index contributed by atoms with van der Waals surface area (Å²) in [5.41, 5.74) is 0. The normalized spacial score (nSPS) is 25.0. The topological polar surface area (TPSA) is 40.1 Å². The van der Waals surface area contributed by atoms with E-state index in [4.69, 9.17) is 9.73 Å². The smallest absolute Gasteiger partial charge is 0.193 e. The average molecular weight is 310 g/mol. The summed E-state index contributed by atoms with van der Waals surface area (Å²) in [6, 6.07) is 0. The van der Waals surface area contributed by atoms with Crippen LogP contribution in [0.3, 0.4) is 0 Å². The van der Waals surface area contributed by atoms with Crippen molar-refractivity contribution in [3.05, 3.63) is 0 Å². The highest BCUT2D eigenvalue weighted by Crippen LogP contribution is 2.20. The Kier molecular flexibility index (Phi) is 7.46. The lowest BCUT2D eigenvalue weighted by Gasteiger charge is -2.28. The minimum atomic E-state index is 0.655. The van der Waals surface area contributed by atoms with E-state index in [2.05, 4.69) is 29.1 Å². The summed E-state index contributed by atoms with van der Waals surface area (Å²) in [4.78, 5) is 9.72. The first-order valence-corrected chi connectivity index (χ1v) is 8.93. The summed E-state index contributed by atoms with van der Waals surface area (Å²) in [7, 11) is 4.02. The number of piperidine rings is 1. The molecule has 0 aromatic carbocycles. The van der Waals surface area contributed by atoms with Crippen molar-refractivity contribution in [3.8, 4) is 0 Å². The van der Waals surface area contributed by atoms with Gasteiger partial charge >= 0.3 is 0 Å². The molecule has 5 nitrogen and oxygen atoms in total. The summed E-state index contributed by atoms with van der Waals surface area (Å²) in [5.74, 6) is 2.62. The third-order valence-corrected chi connectivity index (χ3v) is 4.96. The number of nitrogens with zero attached hydrogens (tertiary/aromatic N) is 3. The molecule has 2 fully saturated rings. The van der Waals surface area contributed by atoms with E-state index in [1.54, 1.807) is 7.11 Å². The number of rotatable bonds is 6. The van der Waals surface area contributed by atoms with Crippen LogP contribution in [0.4, 0.5) is 0 Å². The zero-order valence-electron chi connectivity index (χ0n) is 14.7. The van der Waals surface area contributed by atoms with Crippen molar-refractivity contribution in [3.63, 3.8) is 0 Å². The molecule has 2 rings (SSSR count). The standard InChI is InChI=1S/C17H34N4O/c1-4-18-17(21-12-8-16(13-21)14-22-3)19-9-5-15-6-10-20(2)11-7-15/h15-16H,4-14H2,1-3H3,(H,18,19). The summed E-state index contributed by atoms with van der Waals surface area (Å²) in [6.07, 6.45) is 5.12. The zero-order valence-corrected chi connectivity index (χ0v) is 14.7. The number of hydrogen-bond donors (Lipinski definition) is 1. The first-order valence-electron chi connectivity index (χ1n) is 8.93. The Morgan fingerprint density at radius 1 is 1.18 bits per heavy atom. The molecule has 128 valence electrons. The maximum Gasteiger partial charge on any atom is 0.193 e. The quantitative estimate of drug-likeness (QED) is 0.598. The van der Waals surface area contributed by atoms with Crippen molar-refractivity contribution in [2.24, 2.45) is 16.8 Å². The number of methoxy groups -OCH3 is 1. The minimum absolute atomic E-state index is 0.655. The van der Waals surface area contributed by atoms with Gasteiger partial charge in [0, 0.05) is 39.2 Å². The van der Waals surface area contributed by atoms with Gasteiger partial charge in [0.2, 0.25) is 0 Å². The zero-order chi connectivity index (χ0) is 15.8. The molecular formula is C17H34N4O. The van der Waals surface area contributed by atoms with E-state index in [1.165, 1.54) is 38.8 Å². The highest BCUT2D eigenvalue weighted by Gasteiger charge is 2.24. The van der Waals surface area contributed by atoms with E-state index in [0.29, 0.717) is 5.92 Å². The van der Waals surface area contributed by atoms with Gasteiger partial charge in [-0.05, 0) is 58.7 Å². The number of guanidine groups is 1. The molecule has 0 radical (unpaired) electrons. The second-order valence-corrected chi connectivity index (χ2v) is 6.83. The van der Waals surface area contributed by atoms with Crippen molar-refractivity contribution >= 4 is 5.96 Å². The van der Waals surface area contributed by atoms with Gasteiger partial charge in [0.1, 0.15) is 0 Å². The minimum Gasteiger partial charge on any atom is -0.384 e. The SMILES string of the molecule is CCNC(=NCCC1CCN(C)CC1)N1CCC(COC)C1. The Morgan fingerprint density at radius 3 is 2.59 bits per heavy atom. The van der Waals surface area contributed by atoms with Crippen molar-refractivity contribution in [1.82, 2.24) is 15.1 Å². The Balaban J connectivity index is 1.77. The van der Waals surface area contributed by atoms with Crippen LogP contribution in [0, 0.1) is 11.8 Å². The van der Waals surface area contributed by atoms with Crippen LogP contribution in [0.2, 0.25) is 0 Å². The van der Waals surface area contributed by atoms with Gasteiger partial charge in [-0.2, -0.15) is 0 Å². The van der Waals surface area contributed by atoms with Gasteiger partial charge in [-0.3, -0.25) is 4.99 Å². The van der Waals surface area contributed by atoms with Crippen molar-refractivity contribution in [2.75, 3.05) is 60.0 Å². The lowest BCUT2D eigenvalue weighted by atomic mass is 9.94. The van der Waals surface area contributed by atoms with Crippen LogP contribution in [-0.2, 0) is 4.74 Å². The Bertz CT molecular complexity index is 340. The van der Waals surface area contributed by atoms with Gasteiger partial charge in [-0.25, -0.2) is 0 Å².